The van der Waals surface area contributed by atoms with Gasteiger partial charge in [-0.25, -0.2) is 4.79 Å². The molecule has 14 heteroatoms. The van der Waals surface area contributed by atoms with Crippen molar-refractivity contribution >= 4 is 29.0 Å². The summed E-state index contributed by atoms with van der Waals surface area (Å²) in [6.45, 7) is 4.88. The van der Waals surface area contributed by atoms with E-state index in [1.807, 2.05) is 28.4 Å². The Hall–Kier alpha value is -4.30. The molecule has 1 fully saturated rings. The van der Waals surface area contributed by atoms with Gasteiger partial charge in [-0.15, -0.1) is 0 Å². The number of benzene rings is 3. The predicted molar refractivity (Wildman–Crippen MR) is 156 cm³/mol. The number of hydrogen-bond donors (Lipinski definition) is 3. The van der Waals surface area contributed by atoms with Crippen molar-refractivity contribution in [1.29, 1.82) is 0 Å². The molecule has 0 aromatic heterocycles. The van der Waals surface area contributed by atoms with Crippen LogP contribution >= 0.6 is 0 Å². The average Bonchev–Trinajstić information content (AvgIpc) is 3.00. The van der Waals surface area contributed by atoms with Gasteiger partial charge in [-0.05, 0) is 53.9 Å². The van der Waals surface area contributed by atoms with E-state index >= 15 is 0 Å². The van der Waals surface area contributed by atoms with Crippen molar-refractivity contribution < 1.29 is 40.7 Å². The lowest BCUT2D eigenvalue weighted by Gasteiger charge is -2.32. The number of morpholine rings is 1. The lowest BCUT2D eigenvalue weighted by atomic mass is 9.98. The molecule has 3 amide bonds. The fraction of sp³-hybridized carbons (Fsp3) is 0.355. The molecule has 0 atom stereocenters. The normalized spacial score (nSPS) is 15.7. The number of alkyl halides is 6. The summed E-state index contributed by atoms with van der Waals surface area (Å²) in [5, 5.41) is 7.39. The van der Waals surface area contributed by atoms with Crippen LogP contribution in [0.1, 0.15) is 32.6 Å². The summed E-state index contributed by atoms with van der Waals surface area (Å²) in [6.07, 6.45) is -9.38. The van der Waals surface area contributed by atoms with E-state index in [4.69, 9.17) is 4.74 Å². The minimum atomic E-state index is -5.07. The highest BCUT2D eigenvalue weighted by molar-refractivity contribution is 6.04. The number of rotatable bonds is 7. The van der Waals surface area contributed by atoms with Crippen molar-refractivity contribution in [2.24, 2.45) is 0 Å². The van der Waals surface area contributed by atoms with Crippen LogP contribution in [0.25, 0.3) is 0 Å². The number of hydrogen-bond acceptors (Lipinski definition) is 5. The molecule has 0 bridgehead atoms. The molecule has 0 aliphatic carbocycles. The number of anilines is 3. The number of nitrogens with one attached hydrogen (secondary N) is 3. The van der Waals surface area contributed by atoms with Gasteiger partial charge >= 0.3 is 18.4 Å². The molecule has 240 valence electrons. The highest BCUT2D eigenvalue weighted by atomic mass is 19.4. The second-order valence-corrected chi connectivity index (χ2v) is 10.8. The molecule has 2 aliphatic heterocycles. The third-order valence-electron chi connectivity index (χ3n) is 7.63. The van der Waals surface area contributed by atoms with Gasteiger partial charge in [0.25, 0.3) is 5.91 Å². The minimum absolute atomic E-state index is 0.0231. The zero-order valence-electron chi connectivity index (χ0n) is 24.0. The van der Waals surface area contributed by atoms with Gasteiger partial charge in [0.1, 0.15) is 0 Å². The van der Waals surface area contributed by atoms with E-state index in [9.17, 15) is 35.9 Å². The Bertz CT molecular complexity index is 1510. The van der Waals surface area contributed by atoms with Crippen molar-refractivity contribution in [3.05, 3.63) is 88.5 Å². The molecule has 1 saturated heterocycles. The molecule has 0 unspecified atom stereocenters. The Morgan fingerprint density at radius 2 is 1.42 bits per heavy atom. The van der Waals surface area contributed by atoms with E-state index in [0.717, 1.165) is 25.1 Å². The molecule has 3 aromatic rings. The maximum Gasteiger partial charge on any atom is 0.416 e. The largest absolute Gasteiger partial charge is 0.416 e. The lowest BCUT2D eigenvalue weighted by Crippen LogP contribution is -2.41. The number of urea groups is 1. The molecule has 2 heterocycles. The maximum atomic E-state index is 13.5. The fourth-order valence-electron chi connectivity index (χ4n) is 5.34. The molecule has 0 radical (unpaired) electrons. The number of fused-ring (bicyclic) bond motifs is 1. The lowest BCUT2D eigenvalue weighted by molar-refractivity contribution is -0.143. The summed E-state index contributed by atoms with van der Waals surface area (Å²) in [5.41, 5.74) is -0.493. The zero-order valence-corrected chi connectivity index (χ0v) is 24.0. The summed E-state index contributed by atoms with van der Waals surface area (Å²) in [5.74, 6) is -0.395. The zero-order chi connectivity index (χ0) is 32.2. The Labute approximate surface area is 255 Å². The SMILES string of the molecule is O=C(Nc1cc(C(F)(F)F)cc(C(F)(F)F)c1)Nc1ccc(N2CCc3ccccc3C2)c(C(=O)NCCN2CCOCC2)c1. The number of carbonyl (C=O) groups excluding carboxylic acids is 2. The first-order chi connectivity index (χ1) is 21.4. The Balaban J connectivity index is 1.35. The molecule has 0 spiro atoms. The topological polar surface area (TPSA) is 85.9 Å². The highest BCUT2D eigenvalue weighted by Gasteiger charge is 2.37. The van der Waals surface area contributed by atoms with Crippen LogP contribution in [0.2, 0.25) is 0 Å². The molecule has 3 N–H and O–H groups in total. The van der Waals surface area contributed by atoms with Crippen LogP contribution in [0.4, 0.5) is 48.2 Å². The number of carbonyl (C=O) groups is 2. The van der Waals surface area contributed by atoms with Crippen molar-refractivity contribution in [2.75, 3.05) is 61.5 Å². The summed E-state index contributed by atoms with van der Waals surface area (Å²) in [6, 6.07) is 12.3. The number of ether oxygens (including phenoxy) is 1. The molecule has 3 aromatic carbocycles. The fourth-order valence-corrected chi connectivity index (χ4v) is 5.34. The molecule has 2 aliphatic rings. The number of halogens is 6. The second kappa shape index (κ2) is 13.4. The van der Waals surface area contributed by atoms with Crippen LogP contribution in [-0.4, -0.2) is 62.8 Å². The van der Waals surface area contributed by atoms with Gasteiger partial charge in [0.05, 0.1) is 29.9 Å². The van der Waals surface area contributed by atoms with Crippen LogP contribution in [0, 0.1) is 0 Å². The third kappa shape index (κ3) is 8.25. The molecular weight excluding hydrogens is 604 g/mol. The minimum Gasteiger partial charge on any atom is -0.379 e. The van der Waals surface area contributed by atoms with E-state index in [0.29, 0.717) is 57.2 Å². The molecule has 8 nitrogen and oxygen atoms in total. The van der Waals surface area contributed by atoms with E-state index in [-0.39, 0.29) is 17.3 Å². The van der Waals surface area contributed by atoms with E-state index in [1.165, 1.54) is 17.7 Å². The van der Waals surface area contributed by atoms with Gasteiger partial charge in [-0.3, -0.25) is 9.69 Å². The van der Waals surface area contributed by atoms with E-state index < -0.39 is 41.1 Å². The van der Waals surface area contributed by atoms with Crippen LogP contribution < -0.4 is 20.9 Å². The van der Waals surface area contributed by atoms with Crippen molar-refractivity contribution in [2.45, 2.75) is 25.3 Å². The Kier molecular flexibility index (Phi) is 9.53. The summed E-state index contributed by atoms with van der Waals surface area (Å²) in [4.78, 5) is 30.4. The van der Waals surface area contributed by atoms with Gasteiger partial charge in [0, 0.05) is 56.3 Å². The van der Waals surface area contributed by atoms with Gasteiger partial charge in [0.2, 0.25) is 0 Å². The monoisotopic (exact) mass is 635 g/mol. The first-order valence-corrected chi connectivity index (χ1v) is 14.3. The average molecular weight is 636 g/mol. The number of nitrogens with zero attached hydrogens (tertiary/aromatic N) is 2. The van der Waals surface area contributed by atoms with Gasteiger partial charge < -0.3 is 25.6 Å². The first-order valence-electron chi connectivity index (χ1n) is 14.3. The van der Waals surface area contributed by atoms with Gasteiger partial charge in [-0.2, -0.15) is 26.3 Å². The summed E-state index contributed by atoms with van der Waals surface area (Å²) >= 11 is 0. The van der Waals surface area contributed by atoms with Crippen LogP contribution in [0.3, 0.4) is 0 Å². The standard InChI is InChI=1S/C31H31F6N5O3/c32-30(33,34)22-15-23(31(35,36)37)17-25(16-22)40-29(44)39-24-5-6-27(42-9-7-20-3-1-2-4-21(20)19-42)26(18-24)28(43)38-8-10-41-11-13-45-14-12-41/h1-6,15-18H,7-14,19H2,(H,38,43)(H2,39,40,44). The third-order valence-corrected chi connectivity index (χ3v) is 7.63. The highest BCUT2D eigenvalue weighted by Crippen LogP contribution is 2.37. The van der Waals surface area contributed by atoms with Crippen LogP contribution in [0.5, 0.6) is 0 Å². The molecule has 45 heavy (non-hydrogen) atoms. The van der Waals surface area contributed by atoms with Gasteiger partial charge in [-0.1, -0.05) is 24.3 Å². The summed E-state index contributed by atoms with van der Waals surface area (Å²) in [7, 11) is 0. The summed E-state index contributed by atoms with van der Waals surface area (Å²) < 4.78 is 84.9. The first kappa shape index (κ1) is 32.1. The van der Waals surface area contributed by atoms with E-state index in [1.54, 1.807) is 6.07 Å². The van der Waals surface area contributed by atoms with Crippen LogP contribution in [-0.2, 0) is 30.1 Å². The second-order valence-electron chi connectivity index (χ2n) is 10.8. The number of amides is 3. The van der Waals surface area contributed by atoms with Gasteiger partial charge in [0.15, 0.2) is 0 Å². The maximum absolute atomic E-state index is 13.5. The van der Waals surface area contributed by atoms with Crippen LogP contribution in [0.15, 0.2) is 60.7 Å². The molecule has 0 saturated carbocycles. The Morgan fingerprint density at radius 1 is 0.778 bits per heavy atom. The van der Waals surface area contributed by atoms with Crippen molar-refractivity contribution in [1.82, 2.24) is 10.2 Å². The predicted octanol–water partition coefficient (Wildman–Crippen LogP) is 5.99. The molecular formula is C31H31F6N5O3. The molecule has 5 rings (SSSR count). The quantitative estimate of drug-likeness (QED) is 0.278. The smallest absolute Gasteiger partial charge is 0.379 e. The van der Waals surface area contributed by atoms with Crippen molar-refractivity contribution in [3.63, 3.8) is 0 Å². The Morgan fingerprint density at radius 3 is 2.09 bits per heavy atom. The van der Waals surface area contributed by atoms with Crippen molar-refractivity contribution in [3.8, 4) is 0 Å². The van der Waals surface area contributed by atoms with E-state index in [2.05, 4.69) is 21.6 Å².